The van der Waals surface area contributed by atoms with Gasteiger partial charge in [-0.15, -0.1) is 0 Å². The van der Waals surface area contributed by atoms with E-state index in [0.29, 0.717) is 13.0 Å². The second-order valence-corrected chi connectivity index (χ2v) is 22.6. The Hall–Kier alpha value is -0.829. The van der Waals surface area contributed by atoms with Gasteiger partial charge in [-0.05, 0) is 45.3 Å². The molecule has 0 saturated heterocycles. The molecular formula is C22H49NO7Si3. The Morgan fingerprint density at radius 1 is 0.879 bits per heavy atom. The predicted molar refractivity (Wildman–Crippen MR) is 139 cm³/mol. The summed E-state index contributed by atoms with van der Waals surface area (Å²) in [6.07, 6.45) is 2.30. The molecule has 0 aliphatic heterocycles. The fraction of sp³-hybridized carbons (Fsp3) is 0.818. The van der Waals surface area contributed by atoms with E-state index in [0.717, 1.165) is 16.9 Å². The number of carbonyl (C=O) groups is 2. The summed E-state index contributed by atoms with van der Waals surface area (Å²) in [4.78, 5) is 22.0. The standard InChI is InChI=1S/C18H38O7Si3.C4H12N/c1-9-10-14-26(3,4)24-28(7,8)25-27(5,6)23-13-11-12-22-18(21)16(2)15-17(19)20;1-5(2,3)4/h2,9-15H2,1,3-8H3,(H,19,20);1-4H3/q;+1/p-1. The summed E-state index contributed by atoms with van der Waals surface area (Å²) in [6.45, 7) is 18.7. The first-order chi connectivity index (χ1) is 14.7. The first-order valence-electron chi connectivity index (χ1n) is 11.6. The molecule has 0 spiro atoms. The smallest absolute Gasteiger partial charge is 0.333 e. The molecule has 0 bridgehead atoms. The maximum absolute atomic E-state index is 11.6. The highest BCUT2D eigenvalue weighted by atomic mass is 28.5. The number of esters is 1. The van der Waals surface area contributed by atoms with Gasteiger partial charge >= 0.3 is 23.1 Å². The second kappa shape index (κ2) is 15.2. The number of quaternary nitrogens is 1. The van der Waals surface area contributed by atoms with E-state index in [1.54, 1.807) is 0 Å². The van der Waals surface area contributed by atoms with E-state index in [4.69, 9.17) is 17.4 Å². The molecular weight excluding hydrogens is 475 g/mol. The Bertz CT molecular complexity index is 612. The third-order valence-corrected chi connectivity index (χ3v) is 14.3. The highest BCUT2D eigenvalue weighted by Gasteiger charge is 2.40. The molecule has 0 N–H and O–H groups in total. The summed E-state index contributed by atoms with van der Waals surface area (Å²) in [6, 6.07) is 1.13. The molecule has 0 aromatic carbocycles. The Kier molecular flexibility index (Phi) is 15.8. The van der Waals surface area contributed by atoms with Crippen molar-refractivity contribution < 1.29 is 36.6 Å². The molecule has 11 heteroatoms. The fourth-order valence-corrected chi connectivity index (χ4v) is 15.9. The highest BCUT2D eigenvalue weighted by molar-refractivity contribution is 6.86. The van der Waals surface area contributed by atoms with Crippen LogP contribution in [0.25, 0.3) is 0 Å². The average Bonchev–Trinajstić information content (AvgIpc) is 2.55. The van der Waals surface area contributed by atoms with Gasteiger partial charge in [0.2, 0.25) is 0 Å². The van der Waals surface area contributed by atoms with Crippen molar-refractivity contribution >= 4 is 37.4 Å². The van der Waals surface area contributed by atoms with Gasteiger partial charge in [0.25, 0.3) is 0 Å². The van der Waals surface area contributed by atoms with Gasteiger partial charge in [-0.1, -0.05) is 26.3 Å². The van der Waals surface area contributed by atoms with E-state index < -0.39 is 43.8 Å². The summed E-state index contributed by atoms with van der Waals surface area (Å²) in [5.74, 6) is -2.08. The molecule has 33 heavy (non-hydrogen) atoms. The zero-order valence-corrected chi connectivity index (χ0v) is 26.0. The van der Waals surface area contributed by atoms with Crippen LogP contribution in [0.3, 0.4) is 0 Å². The number of carbonyl (C=O) groups excluding carboxylic acids is 2. The van der Waals surface area contributed by atoms with Crippen LogP contribution in [-0.4, -0.2) is 83.3 Å². The Morgan fingerprint density at radius 3 is 1.85 bits per heavy atom. The Labute approximate surface area is 205 Å². The minimum atomic E-state index is -2.38. The van der Waals surface area contributed by atoms with Crippen LogP contribution in [0, 0.1) is 0 Å². The lowest BCUT2D eigenvalue weighted by molar-refractivity contribution is -0.849. The van der Waals surface area contributed by atoms with Crippen molar-refractivity contribution in [1.29, 1.82) is 0 Å². The number of nitrogens with zero attached hydrogens (tertiary/aromatic N) is 1. The average molecular weight is 524 g/mol. The molecule has 0 rings (SSSR count). The lowest BCUT2D eigenvalue weighted by atomic mass is 10.2. The van der Waals surface area contributed by atoms with Crippen molar-refractivity contribution in [3.05, 3.63) is 12.2 Å². The van der Waals surface area contributed by atoms with Crippen molar-refractivity contribution in [2.75, 3.05) is 41.4 Å². The topological polar surface area (TPSA) is 94.1 Å². The number of hydrogen-bond acceptors (Lipinski definition) is 7. The van der Waals surface area contributed by atoms with Crippen LogP contribution in [0.4, 0.5) is 0 Å². The van der Waals surface area contributed by atoms with Crippen molar-refractivity contribution in [2.24, 2.45) is 0 Å². The van der Waals surface area contributed by atoms with Crippen LogP contribution in [0.15, 0.2) is 12.2 Å². The number of ether oxygens (including phenoxy) is 1. The number of carboxylic acid groups (broad SMARTS) is 1. The molecule has 0 heterocycles. The third kappa shape index (κ3) is 24.1. The molecule has 0 fully saturated rings. The Morgan fingerprint density at radius 2 is 1.39 bits per heavy atom. The molecule has 0 unspecified atom stereocenters. The first-order valence-corrected chi connectivity index (χ1v) is 20.3. The van der Waals surface area contributed by atoms with E-state index in [1.807, 2.05) is 13.1 Å². The zero-order chi connectivity index (χ0) is 26.5. The zero-order valence-electron chi connectivity index (χ0n) is 23.0. The molecule has 196 valence electrons. The lowest BCUT2D eigenvalue weighted by Crippen LogP contribution is -2.53. The number of aliphatic carboxylic acids is 1. The van der Waals surface area contributed by atoms with Gasteiger partial charge in [0.1, 0.15) is 0 Å². The van der Waals surface area contributed by atoms with Crippen molar-refractivity contribution in [3.8, 4) is 0 Å². The molecule has 0 aromatic rings. The minimum Gasteiger partial charge on any atom is -0.550 e. The van der Waals surface area contributed by atoms with Gasteiger partial charge in [-0.25, -0.2) is 4.79 Å². The molecule has 0 saturated carbocycles. The second-order valence-electron chi connectivity index (χ2n) is 11.0. The first kappa shape index (κ1) is 34.3. The van der Waals surface area contributed by atoms with Crippen molar-refractivity contribution in [2.45, 2.75) is 77.9 Å². The van der Waals surface area contributed by atoms with Crippen molar-refractivity contribution in [3.63, 3.8) is 0 Å². The summed E-state index contributed by atoms with van der Waals surface area (Å²) in [5.41, 5.74) is -0.126. The third-order valence-electron chi connectivity index (χ3n) is 3.76. The SMILES string of the molecule is C=C(CC(=O)[O-])C(=O)OCCCO[Si](C)(C)O[Si](C)(C)O[Si](C)(C)CCCC.C[N+](C)(C)C. The van der Waals surface area contributed by atoms with Crippen LogP contribution in [0.1, 0.15) is 32.6 Å². The number of rotatable bonds is 15. The number of hydrogen-bond donors (Lipinski definition) is 0. The maximum Gasteiger partial charge on any atom is 0.333 e. The van der Waals surface area contributed by atoms with E-state index in [-0.39, 0.29) is 12.2 Å². The van der Waals surface area contributed by atoms with Crippen LogP contribution in [0.5, 0.6) is 0 Å². The van der Waals surface area contributed by atoms with Gasteiger partial charge in [-0.2, -0.15) is 0 Å². The largest absolute Gasteiger partial charge is 0.550 e. The molecule has 0 aliphatic rings. The molecule has 0 atom stereocenters. The molecule has 0 radical (unpaired) electrons. The monoisotopic (exact) mass is 523 g/mol. The van der Waals surface area contributed by atoms with E-state index in [2.05, 4.69) is 67.9 Å². The molecule has 0 amide bonds. The van der Waals surface area contributed by atoms with Gasteiger partial charge < -0.3 is 31.8 Å². The lowest BCUT2D eigenvalue weighted by Gasteiger charge is -2.38. The van der Waals surface area contributed by atoms with Crippen LogP contribution in [0.2, 0.25) is 45.3 Å². The Balaban J connectivity index is 0. The summed E-state index contributed by atoms with van der Waals surface area (Å²) < 4.78 is 24.7. The van der Waals surface area contributed by atoms with Gasteiger partial charge in [0.15, 0.2) is 8.32 Å². The minimum absolute atomic E-state index is 0.126. The summed E-state index contributed by atoms with van der Waals surface area (Å²) in [7, 11) is 2.08. The van der Waals surface area contributed by atoms with E-state index in [1.165, 1.54) is 6.42 Å². The highest BCUT2D eigenvalue weighted by Crippen LogP contribution is 2.24. The molecule has 0 aromatic heterocycles. The maximum atomic E-state index is 11.6. The fourth-order valence-electron chi connectivity index (χ4n) is 2.85. The van der Waals surface area contributed by atoms with Crippen molar-refractivity contribution in [1.82, 2.24) is 0 Å². The molecule has 8 nitrogen and oxygen atoms in total. The number of carboxylic acids is 1. The van der Waals surface area contributed by atoms with Gasteiger partial charge in [0.05, 0.1) is 34.8 Å². The van der Waals surface area contributed by atoms with Crippen LogP contribution < -0.4 is 5.11 Å². The van der Waals surface area contributed by atoms with E-state index in [9.17, 15) is 14.7 Å². The van der Waals surface area contributed by atoms with Gasteiger partial charge in [-0.3, -0.25) is 0 Å². The quantitative estimate of drug-likeness (QED) is 0.107. The van der Waals surface area contributed by atoms with Gasteiger partial charge in [0, 0.05) is 31.0 Å². The summed E-state index contributed by atoms with van der Waals surface area (Å²) >= 11 is 0. The molecule has 0 aliphatic carbocycles. The summed E-state index contributed by atoms with van der Waals surface area (Å²) in [5, 5.41) is 10.4. The van der Waals surface area contributed by atoms with E-state index >= 15 is 0 Å². The van der Waals surface area contributed by atoms with Crippen LogP contribution in [-0.2, 0) is 27.0 Å². The predicted octanol–water partition coefficient (Wildman–Crippen LogP) is 3.40. The normalized spacial score (nSPS) is 12.6. The van der Waals surface area contributed by atoms with Crippen LogP contribution >= 0.6 is 0 Å². The number of unbranched alkanes of at least 4 members (excludes halogenated alkanes) is 1.